The second-order valence-corrected chi connectivity index (χ2v) is 6.66. The molecule has 1 fully saturated rings. The van der Waals surface area contributed by atoms with Gasteiger partial charge in [0.25, 0.3) is 0 Å². The van der Waals surface area contributed by atoms with Crippen molar-refractivity contribution < 1.29 is 0 Å². The van der Waals surface area contributed by atoms with Crippen LogP contribution in [-0.2, 0) is 0 Å². The summed E-state index contributed by atoms with van der Waals surface area (Å²) < 4.78 is 0. The van der Waals surface area contributed by atoms with Crippen molar-refractivity contribution in [3.05, 3.63) is 11.6 Å². The highest BCUT2D eigenvalue weighted by atomic mass is 32.1. The Kier molecular flexibility index (Phi) is 6.26. The van der Waals surface area contributed by atoms with E-state index in [1.165, 1.54) is 18.0 Å². The second kappa shape index (κ2) is 7.96. The Bertz CT molecular complexity index is 360. The molecule has 0 radical (unpaired) electrons. The summed E-state index contributed by atoms with van der Waals surface area (Å²) in [6, 6.07) is 1.26. The zero-order chi connectivity index (χ0) is 14.4. The molecule has 1 N–H and O–H groups in total. The van der Waals surface area contributed by atoms with Crippen LogP contribution in [0.1, 0.15) is 33.6 Å². The molecule has 5 heteroatoms. The molecule has 2 rings (SSSR count). The third kappa shape index (κ3) is 4.43. The van der Waals surface area contributed by atoms with Gasteiger partial charge in [-0.2, -0.15) is 0 Å². The van der Waals surface area contributed by atoms with Gasteiger partial charge in [-0.05, 0) is 20.3 Å². The van der Waals surface area contributed by atoms with Crippen molar-refractivity contribution >= 4 is 16.5 Å². The van der Waals surface area contributed by atoms with Gasteiger partial charge in [-0.3, -0.25) is 4.90 Å². The molecule has 114 valence electrons. The molecule has 2 unspecified atom stereocenters. The molecule has 20 heavy (non-hydrogen) atoms. The Morgan fingerprint density at radius 1 is 1.30 bits per heavy atom. The van der Waals surface area contributed by atoms with Crippen LogP contribution in [0.15, 0.2) is 11.6 Å². The van der Waals surface area contributed by atoms with Gasteiger partial charge >= 0.3 is 0 Å². The van der Waals surface area contributed by atoms with Gasteiger partial charge in [-0.1, -0.05) is 13.3 Å². The molecule has 2 heterocycles. The average Bonchev–Trinajstić information content (AvgIpc) is 2.99. The van der Waals surface area contributed by atoms with Crippen molar-refractivity contribution in [3.63, 3.8) is 0 Å². The third-order valence-corrected chi connectivity index (χ3v) is 4.94. The normalized spacial score (nSPS) is 20.1. The summed E-state index contributed by atoms with van der Waals surface area (Å²) in [5, 5.41) is 6.89. The predicted octanol–water partition coefficient (Wildman–Crippen LogP) is 2.43. The summed E-state index contributed by atoms with van der Waals surface area (Å²) in [6.07, 6.45) is 4.42. The molecule has 1 aliphatic rings. The van der Waals surface area contributed by atoms with E-state index in [-0.39, 0.29) is 0 Å². The quantitative estimate of drug-likeness (QED) is 0.837. The van der Waals surface area contributed by atoms with Crippen molar-refractivity contribution in [2.75, 3.05) is 37.6 Å². The van der Waals surface area contributed by atoms with Gasteiger partial charge in [0, 0.05) is 56.4 Å². The summed E-state index contributed by atoms with van der Waals surface area (Å²) in [6.45, 7) is 12.5. The van der Waals surface area contributed by atoms with Gasteiger partial charge in [0.2, 0.25) is 0 Å². The first-order valence-electron chi connectivity index (χ1n) is 7.82. The SMILES string of the molecule is CCCC(C)NCC(C)N1CCN(c2nccs2)CC1. The first kappa shape index (κ1) is 15.7. The van der Waals surface area contributed by atoms with Crippen molar-refractivity contribution in [3.8, 4) is 0 Å². The molecule has 1 aromatic rings. The molecule has 1 aliphatic heterocycles. The molecular formula is C15H28N4S. The zero-order valence-electron chi connectivity index (χ0n) is 13.0. The summed E-state index contributed by atoms with van der Waals surface area (Å²) in [7, 11) is 0. The Morgan fingerprint density at radius 2 is 2.05 bits per heavy atom. The molecule has 4 nitrogen and oxygen atoms in total. The summed E-state index contributed by atoms with van der Waals surface area (Å²) in [4.78, 5) is 9.40. The Morgan fingerprint density at radius 3 is 2.65 bits per heavy atom. The molecule has 0 bridgehead atoms. The zero-order valence-corrected chi connectivity index (χ0v) is 13.8. The van der Waals surface area contributed by atoms with Crippen molar-refractivity contribution in [2.45, 2.75) is 45.7 Å². The number of piperazine rings is 1. The molecule has 0 aliphatic carbocycles. The van der Waals surface area contributed by atoms with Gasteiger partial charge in [-0.15, -0.1) is 11.3 Å². The molecule has 0 saturated carbocycles. The van der Waals surface area contributed by atoms with E-state index < -0.39 is 0 Å². The van der Waals surface area contributed by atoms with E-state index in [1.807, 2.05) is 6.20 Å². The minimum absolute atomic E-state index is 0.618. The van der Waals surface area contributed by atoms with Crippen molar-refractivity contribution in [1.82, 2.24) is 15.2 Å². The van der Waals surface area contributed by atoms with Gasteiger partial charge in [0.1, 0.15) is 0 Å². The van der Waals surface area contributed by atoms with Crippen molar-refractivity contribution in [2.24, 2.45) is 0 Å². The van der Waals surface area contributed by atoms with Gasteiger partial charge in [0.15, 0.2) is 5.13 Å². The molecule has 0 spiro atoms. The molecule has 1 aromatic heterocycles. The van der Waals surface area contributed by atoms with Gasteiger partial charge in [-0.25, -0.2) is 4.98 Å². The van der Waals surface area contributed by atoms with E-state index in [2.05, 4.69) is 46.3 Å². The van der Waals surface area contributed by atoms with E-state index in [0.717, 1.165) is 32.7 Å². The molecule has 0 amide bonds. The Hall–Kier alpha value is -0.650. The van der Waals surface area contributed by atoms with Crippen LogP contribution in [0, 0.1) is 0 Å². The fourth-order valence-electron chi connectivity index (χ4n) is 2.76. The lowest BCUT2D eigenvalue weighted by molar-refractivity contribution is 0.189. The largest absolute Gasteiger partial charge is 0.346 e. The van der Waals surface area contributed by atoms with E-state index >= 15 is 0 Å². The fraction of sp³-hybridized carbons (Fsp3) is 0.800. The maximum Gasteiger partial charge on any atom is 0.185 e. The van der Waals surface area contributed by atoms with Gasteiger partial charge < -0.3 is 10.2 Å². The first-order chi connectivity index (χ1) is 9.70. The van der Waals surface area contributed by atoms with Crippen LogP contribution in [0.25, 0.3) is 0 Å². The predicted molar refractivity (Wildman–Crippen MR) is 87.7 cm³/mol. The van der Waals surface area contributed by atoms with Gasteiger partial charge in [0.05, 0.1) is 0 Å². The molecule has 0 aromatic carbocycles. The maximum atomic E-state index is 4.40. The van der Waals surface area contributed by atoms with Crippen LogP contribution in [0.5, 0.6) is 0 Å². The monoisotopic (exact) mass is 296 g/mol. The smallest absolute Gasteiger partial charge is 0.185 e. The van der Waals surface area contributed by atoms with Crippen LogP contribution >= 0.6 is 11.3 Å². The number of hydrogen-bond acceptors (Lipinski definition) is 5. The molecule has 2 atom stereocenters. The van der Waals surface area contributed by atoms with Crippen LogP contribution in [0.4, 0.5) is 5.13 Å². The number of anilines is 1. The minimum atomic E-state index is 0.618. The number of thiazole rings is 1. The topological polar surface area (TPSA) is 31.4 Å². The standard InChI is InChI=1S/C15H28N4S/c1-4-5-13(2)17-12-14(3)18-7-9-19(10-8-18)15-16-6-11-20-15/h6,11,13-14,17H,4-5,7-10,12H2,1-3H3. The summed E-state index contributed by atoms with van der Waals surface area (Å²) >= 11 is 1.74. The van der Waals surface area contributed by atoms with E-state index in [0.29, 0.717) is 12.1 Å². The summed E-state index contributed by atoms with van der Waals surface area (Å²) in [5.74, 6) is 0. The van der Waals surface area contributed by atoms with Crippen LogP contribution in [0.3, 0.4) is 0 Å². The fourth-order valence-corrected chi connectivity index (χ4v) is 3.46. The number of rotatable bonds is 7. The lowest BCUT2D eigenvalue weighted by Crippen LogP contribution is -2.52. The Labute approximate surface area is 127 Å². The lowest BCUT2D eigenvalue weighted by atomic mass is 10.1. The number of hydrogen-bond donors (Lipinski definition) is 1. The Balaban J connectivity index is 1.70. The molecule has 1 saturated heterocycles. The van der Waals surface area contributed by atoms with E-state index in [9.17, 15) is 0 Å². The van der Waals surface area contributed by atoms with Crippen LogP contribution in [0.2, 0.25) is 0 Å². The first-order valence-corrected chi connectivity index (χ1v) is 8.70. The van der Waals surface area contributed by atoms with E-state index in [1.54, 1.807) is 11.3 Å². The highest BCUT2D eigenvalue weighted by molar-refractivity contribution is 7.13. The number of nitrogens with one attached hydrogen (secondary N) is 1. The average molecular weight is 296 g/mol. The van der Waals surface area contributed by atoms with Crippen LogP contribution in [-0.4, -0.2) is 54.7 Å². The summed E-state index contributed by atoms with van der Waals surface area (Å²) in [5.41, 5.74) is 0. The van der Waals surface area contributed by atoms with Crippen molar-refractivity contribution in [1.29, 1.82) is 0 Å². The van der Waals surface area contributed by atoms with Crippen LogP contribution < -0.4 is 10.2 Å². The second-order valence-electron chi connectivity index (χ2n) is 5.78. The van der Waals surface area contributed by atoms with E-state index in [4.69, 9.17) is 0 Å². The third-order valence-electron chi connectivity index (χ3n) is 4.11. The minimum Gasteiger partial charge on any atom is -0.346 e. The highest BCUT2D eigenvalue weighted by Gasteiger charge is 2.22. The maximum absolute atomic E-state index is 4.40. The number of nitrogens with zero attached hydrogens (tertiary/aromatic N) is 3. The highest BCUT2D eigenvalue weighted by Crippen LogP contribution is 2.19. The molecular weight excluding hydrogens is 268 g/mol. The number of aromatic nitrogens is 1. The lowest BCUT2D eigenvalue weighted by Gasteiger charge is -2.38.